The zero-order valence-corrected chi connectivity index (χ0v) is 12.8. The van der Waals surface area contributed by atoms with Crippen LogP contribution in [0.4, 0.5) is 0 Å². The lowest BCUT2D eigenvalue weighted by Gasteiger charge is -2.40. The Morgan fingerprint density at radius 3 is 3.00 bits per heavy atom. The van der Waals surface area contributed by atoms with E-state index >= 15 is 0 Å². The van der Waals surface area contributed by atoms with Crippen molar-refractivity contribution in [1.29, 1.82) is 0 Å². The van der Waals surface area contributed by atoms with E-state index in [1.807, 2.05) is 12.4 Å². The maximum atomic E-state index is 11.8. The summed E-state index contributed by atoms with van der Waals surface area (Å²) in [5.41, 5.74) is 2.46. The number of aromatic nitrogens is 1. The number of carbonyl (C=O) groups is 1. The van der Waals surface area contributed by atoms with Crippen molar-refractivity contribution in [2.45, 2.75) is 45.6 Å². The number of nitrogens with zero attached hydrogens (tertiary/aromatic N) is 2. The summed E-state index contributed by atoms with van der Waals surface area (Å²) in [7, 11) is 0. The Balaban J connectivity index is 1.70. The number of hydrogen-bond acceptors (Lipinski definition) is 4. The summed E-state index contributed by atoms with van der Waals surface area (Å²) in [6.45, 7) is 4.60. The topological polar surface area (TPSA) is 53.4 Å². The first-order chi connectivity index (χ1) is 9.59. The van der Waals surface area contributed by atoms with Gasteiger partial charge in [-0.3, -0.25) is 9.69 Å². The van der Waals surface area contributed by atoms with E-state index in [2.05, 4.69) is 9.88 Å². The summed E-state index contributed by atoms with van der Waals surface area (Å²) in [5, 5.41) is 9.73. The van der Waals surface area contributed by atoms with Gasteiger partial charge < -0.3 is 5.11 Å². The third kappa shape index (κ3) is 2.88. The first kappa shape index (κ1) is 14.0. The van der Waals surface area contributed by atoms with Gasteiger partial charge in [-0.1, -0.05) is 12.8 Å². The molecule has 0 bridgehead atoms. The van der Waals surface area contributed by atoms with Gasteiger partial charge in [0, 0.05) is 18.0 Å². The van der Waals surface area contributed by atoms with Gasteiger partial charge >= 0.3 is 5.97 Å². The van der Waals surface area contributed by atoms with Crippen molar-refractivity contribution < 1.29 is 9.90 Å². The minimum atomic E-state index is -0.588. The first-order valence-corrected chi connectivity index (χ1v) is 8.32. The van der Waals surface area contributed by atoms with E-state index in [4.69, 9.17) is 0 Å². The summed E-state index contributed by atoms with van der Waals surface area (Å²) in [5.74, 6) is 0.0753. The Kier molecular flexibility index (Phi) is 3.82. The fourth-order valence-electron chi connectivity index (χ4n) is 3.35. The molecule has 3 rings (SSSR count). The third-order valence-electron chi connectivity index (χ3n) is 4.70. The van der Waals surface area contributed by atoms with E-state index in [0.29, 0.717) is 12.5 Å². The molecule has 0 amide bonds. The van der Waals surface area contributed by atoms with Crippen molar-refractivity contribution in [2.24, 2.45) is 11.3 Å². The Morgan fingerprint density at radius 2 is 2.40 bits per heavy atom. The van der Waals surface area contributed by atoms with E-state index in [-0.39, 0.29) is 0 Å². The fraction of sp³-hybridized carbons (Fsp3) is 0.733. The number of piperidine rings is 1. The minimum Gasteiger partial charge on any atom is -0.481 e. The molecule has 1 aromatic rings. The van der Waals surface area contributed by atoms with Crippen LogP contribution < -0.4 is 0 Å². The molecule has 1 N–H and O–H groups in total. The van der Waals surface area contributed by atoms with Crippen molar-refractivity contribution in [3.05, 3.63) is 16.1 Å². The molecule has 20 heavy (non-hydrogen) atoms. The van der Waals surface area contributed by atoms with Crippen LogP contribution in [0.2, 0.25) is 0 Å². The molecule has 1 atom stereocenters. The monoisotopic (exact) mass is 294 g/mol. The molecule has 110 valence electrons. The minimum absolute atomic E-state index is 0.502. The van der Waals surface area contributed by atoms with Crippen molar-refractivity contribution >= 4 is 17.3 Å². The van der Waals surface area contributed by atoms with Crippen molar-refractivity contribution in [3.63, 3.8) is 0 Å². The lowest BCUT2D eigenvalue weighted by atomic mass is 9.75. The van der Waals surface area contributed by atoms with E-state index in [9.17, 15) is 9.90 Å². The van der Waals surface area contributed by atoms with Gasteiger partial charge in [0.05, 0.1) is 16.6 Å². The molecule has 5 heteroatoms. The SMILES string of the molecule is Cc1ncsc1CN1CCC[C@](CC2CC2)(C(=O)O)C1. The van der Waals surface area contributed by atoms with E-state index < -0.39 is 11.4 Å². The molecule has 2 fully saturated rings. The van der Waals surface area contributed by atoms with E-state index in [1.54, 1.807) is 11.3 Å². The molecule has 0 aromatic carbocycles. The van der Waals surface area contributed by atoms with Crippen LogP contribution in [-0.2, 0) is 11.3 Å². The summed E-state index contributed by atoms with van der Waals surface area (Å²) < 4.78 is 0. The van der Waals surface area contributed by atoms with Crippen LogP contribution in [0, 0.1) is 18.3 Å². The molecule has 2 heterocycles. The van der Waals surface area contributed by atoms with Crippen molar-refractivity contribution in [3.8, 4) is 0 Å². The zero-order chi connectivity index (χ0) is 14.2. The van der Waals surface area contributed by atoms with Crippen molar-refractivity contribution in [1.82, 2.24) is 9.88 Å². The number of hydrogen-bond donors (Lipinski definition) is 1. The molecule has 1 aliphatic heterocycles. The average molecular weight is 294 g/mol. The van der Waals surface area contributed by atoms with Gasteiger partial charge in [-0.2, -0.15) is 0 Å². The molecule has 4 nitrogen and oxygen atoms in total. The van der Waals surface area contributed by atoms with Gasteiger partial charge in [0.25, 0.3) is 0 Å². The number of carboxylic acids is 1. The quantitative estimate of drug-likeness (QED) is 0.907. The molecule has 0 spiro atoms. The smallest absolute Gasteiger partial charge is 0.310 e. The first-order valence-electron chi connectivity index (χ1n) is 7.44. The summed E-state index contributed by atoms with van der Waals surface area (Å²) >= 11 is 1.68. The van der Waals surface area contributed by atoms with Crippen LogP contribution in [0.1, 0.15) is 42.7 Å². The lowest BCUT2D eigenvalue weighted by molar-refractivity contribution is -0.153. The van der Waals surface area contributed by atoms with Crippen LogP contribution >= 0.6 is 11.3 Å². The molecule has 1 aromatic heterocycles. The molecule has 0 unspecified atom stereocenters. The summed E-state index contributed by atoms with van der Waals surface area (Å²) in [6, 6.07) is 0. The molecule has 1 saturated carbocycles. The molecular weight excluding hydrogens is 272 g/mol. The lowest BCUT2D eigenvalue weighted by Crippen LogP contribution is -2.47. The third-order valence-corrected chi connectivity index (χ3v) is 5.62. The summed E-state index contributed by atoms with van der Waals surface area (Å²) in [4.78, 5) is 19.7. The average Bonchev–Trinajstić information content (AvgIpc) is 3.13. The second kappa shape index (κ2) is 5.45. The highest BCUT2D eigenvalue weighted by Gasteiger charge is 2.45. The highest BCUT2D eigenvalue weighted by molar-refractivity contribution is 7.09. The van der Waals surface area contributed by atoms with E-state index in [0.717, 1.165) is 38.0 Å². The predicted octanol–water partition coefficient (Wildman–Crippen LogP) is 2.92. The standard InChI is InChI=1S/C15H22N2O2S/c1-11-13(20-10-16-11)8-17-6-2-5-15(9-17,14(18)19)7-12-3-4-12/h10,12H,2-9H2,1H3,(H,18,19)/t15-/m1/s1. The highest BCUT2D eigenvalue weighted by atomic mass is 32.1. The number of aryl methyl sites for hydroxylation is 1. The van der Waals surface area contributed by atoms with Gasteiger partial charge in [-0.15, -0.1) is 11.3 Å². The number of carboxylic acid groups (broad SMARTS) is 1. The predicted molar refractivity (Wildman–Crippen MR) is 78.8 cm³/mol. The molecule has 1 aliphatic carbocycles. The van der Waals surface area contributed by atoms with Gasteiger partial charge in [-0.05, 0) is 38.6 Å². The van der Waals surface area contributed by atoms with Crippen molar-refractivity contribution in [2.75, 3.05) is 13.1 Å². The molecule has 0 radical (unpaired) electrons. The number of thiazole rings is 1. The number of aliphatic carboxylic acids is 1. The maximum absolute atomic E-state index is 11.8. The largest absolute Gasteiger partial charge is 0.481 e. The Bertz CT molecular complexity index is 498. The Labute approximate surface area is 123 Å². The van der Waals surface area contributed by atoms with Crippen LogP contribution in [-0.4, -0.2) is 34.0 Å². The molecular formula is C15H22N2O2S. The van der Waals surface area contributed by atoms with Crippen LogP contribution in [0.15, 0.2) is 5.51 Å². The number of likely N-dealkylation sites (tertiary alicyclic amines) is 1. The molecule has 1 saturated heterocycles. The molecule has 2 aliphatic rings. The summed E-state index contributed by atoms with van der Waals surface area (Å²) in [6.07, 6.45) is 5.17. The second-order valence-electron chi connectivity index (χ2n) is 6.41. The normalized spacial score (nSPS) is 27.6. The van der Waals surface area contributed by atoms with Gasteiger partial charge in [-0.25, -0.2) is 4.98 Å². The highest BCUT2D eigenvalue weighted by Crippen LogP contribution is 2.45. The second-order valence-corrected chi connectivity index (χ2v) is 7.35. The van der Waals surface area contributed by atoms with Crippen LogP contribution in [0.3, 0.4) is 0 Å². The van der Waals surface area contributed by atoms with Gasteiger partial charge in [0.15, 0.2) is 0 Å². The van der Waals surface area contributed by atoms with Crippen LogP contribution in [0.25, 0.3) is 0 Å². The van der Waals surface area contributed by atoms with Crippen LogP contribution in [0.5, 0.6) is 0 Å². The number of rotatable bonds is 5. The van der Waals surface area contributed by atoms with Gasteiger partial charge in [0.2, 0.25) is 0 Å². The van der Waals surface area contributed by atoms with E-state index in [1.165, 1.54) is 17.7 Å². The fourth-order valence-corrected chi connectivity index (χ4v) is 4.16. The zero-order valence-electron chi connectivity index (χ0n) is 12.0. The Morgan fingerprint density at radius 1 is 1.60 bits per heavy atom. The van der Waals surface area contributed by atoms with Gasteiger partial charge in [0.1, 0.15) is 0 Å². The Hall–Kier alpha value is -0.940. The maximum Gasteiger partial charge on any atom is 0.310 e.